The summed E-state index contributed by atoms with van der Waals surface area (Å²) < 4.78 is 41.5. The second-order valence-corrected chi connectivity index (χ2v) is 18.6. The van der Waals surface area contributed by atoms with E-state index in [2.05, 4.69) is 57.7 Å². The topological polar surface area (TPSA) is 48.5 Å². The van der Waals surface area contributed by atoms with Gasteiger partial charge in [0.15, 0.2) is 17.5 Å². The van der Waals surface area contributed by atoms with Crippen molar-refractivity contribution in [3.63, 3.8) is 0 Å². The van der Waals surface area contributed by atoms with E-state index in [1.54, 1.807) is 12.1 Å². The van der Waals surface area contributed by atoms with E-state index in [4.69, 9.17) is 15.0 Å². The average Bonchev–Trinajstić information content (AvgIpc) is 4.13. The molecule has 5 heterocycles. The molecule has 0 aliphatic rings. The van der Waals surface area contributed by atoms with E-state index in [0.29, 0.717) is 49.4 Å². The quantitative estimate of drug-likeness (QED) is 0.173. The largest absolute Gasteiger partial charge is 0.308 e. The van der Waals surface area contributed by atoms with E-state index < -0.39 is 0 Å². The lowest BCUT2D eigenvalue weighted by atomic mass is 10.0. The van der Waals surface area contributed by atoms with Crippen molar-refractivity contribution in [2.45, 2.75) is 0 Å². The fourth-order valence-corrected chi connectivity index (χ4v) is 12.4. The Morgan fingerprint density at radius 3 is 1.09 bits per heavy atom. The molecule has 0 radical (unpaired) electrons. The van der Waals surface area contributed by atoms with Gasteiger partial charge >= 0.3 is 0 Å². The van der Waals surface area contributed by atoms with Gasteiger partial charge in [-0.3, -0.25) is 0 Å². The van der Waals surface area contributed by atoms with E-state index in [0.717, 1.165) is 80.1 Å². The third-order valence-electron chi connectivity index (χ3n) is 12.9. The number of hydrogen-bond donors (Lipinski definition) is 0. The number of halogens is 2. The molecule has 5 nitrogen and oxygen atoms in total. The number of rotatable bonds is 5. The molecule has 0 atom stereocenters. The van der Waals surface area contributed by atoms with Gasteiger partial charge in [0.2, 0.25) is 0 Å². The minimum atomic E-state index is -0.331. The summed E-state index contributed by atoms with van der Waals surface area (Å²) in [4.78, 5) is 16.4. The van der Waals surface area contributed by atoms with Crippen LogP contribution in [0.2, 0.25) is 0 Å². The zero-order valence-corrected chi connectivity index (χ0v) is 36.3. The first-order valence-electron chi connectivity index (χ1n) is 21.7. The molecule has 14 aromatic rings. The fraction of sp³-hybridized carbons (Fsp3) is 0. The van der Waals surface area contributed by atoms with E-state index >= 15 is 8.78 Å². The highest BCUT2D eigenvalue weighted by Crippen LogP contribution is 2.49. The molecular formula is C57H31F2N5S2. The maximum Gasteiger partial charge on any atom is 0.166 e. The molecule has 9 aromatic carbocycles. The predicted octanol–water partition coefficient (Wildman–Crippen LogP) is 16.1. The molecule has 0 saturated carbocycles. The van der Waals surface area contributed by atoms with Crippen LogP contribution >= 0.6 is 22.7 Å². The van der Waals surface area contributed by atoms with Crippen LogP contribution in [-0.2, 0) is 0 Å². The SMILES string of the molecule is Fc1cc(-n2c3ccccc3c3ccccc32)c(-c2nc(-c3ccccc3)nc(-c3c(-n4c5ccccc5c5ccccc54)cc(F)c4sc5ccccc5c34)n2)c2c1sc1ccccc12. The number of hydrogen-bond acceptors (Lipinski definition) is 5. The first kappa shape index (κ1) is 37.3. The predicted molar refractivity (Wildman–Crippen MR) is 271 cm³/mol. The summed E-state index contributed by atoms with van der Waals surface area (Å²) in [7, 11) is 0. The summed E-state index contributed by atoms with van der Waals surface area (Å²) in [6, 6.07) is 62.3. The molecule has 310 valence electrons. The van der Waals surface area contributed by atoms with Crippen LogP contribution in [0.25, 0.3) is 129 Å². The average molecular weight is 888 g/mol. The van der Waals surface area contributed by atoms with Crippen LogP contribution in [0.4, 0.5) is 8.78 Å². The second kappa shape index (κ2) is 14.2. The molecule has 0 bridgehead atoms. The molecule has 0 aliphatic carbocycles. The van der Waals surface area contributed by atoms with Crippen molar-refractivity contribution in [2.24, 2.45) is 0 Å². The molecule has 0 N–H and O–H groups in total. The standard InChI is InChI=1S/C57H31F2N5S2/c58-39-30-45(63-41-24-10-4-18-33(41)34-19-5-11-25-42(34)63)51(49-37-22-8-14-28-47(37)65-53(39)49)56-60-55(32-16-2-1-3-17-32)61-57(62-56)52-46(31-40(59)54-50(52)38-23-9-15-29-48(38)66-54)64-43-26-12-6-20-35(43)36-21-7-13-27-44(36)64/h1-31H. The third kappa shape index (κ3) is 5.32. The van der Waals surface area contributed by atoms with E-state index in [9.17, 15) is 0 Å². The lowest BCUT2D eigenvalue weighted by Gasteiger charge is -2.18. The Labute approximate surface area is 382 Å². The molecule has 14 rings (SSSR count). The third-order valence-corrected chi connectivity index (χ3v) is 15.3. The molecule has 66 heavy (non-hydrogen) atoms. The summed E-state index contributed by atoms with van der Waals surface area (Å²) >= 11 is 2.84. The molecule has 5 aromatic heterocycles. The monoisotopic (exact) mass is 887 g/mol. The summed E-state index contributed by atoms with van der Waals surface area (Å²) in [5.74, 6) is 0.515. The normalized spacial score (nSPS) is 12.1. The minimum Gasteiger partial charge on any atom is -0.308 e. The maximum atomic E-state index is 17.2. The Balaban J connectivity index is 1.19. The molecule has 9 heteroatoms. The van der Waals surface area contributed by atoms with Crippen LogP contribution in [0.3, 0.4) is 0 Å². The van der Waals surface area contributed by atoms with Gasteiger partial charge in [0, 0.05) is 70.2 Å². The molecule has 0 fully saturated rings. The van der Waals surface area contributed by atoms with Crippen molar-refractivity contribution in [1.29, 1.82) is 0 Å². The maximum absolute atomic E-state index is 17.2. The zero-order valence-electron chi connectivity index (χ0n) is 34.7. The summed E-state index contributed by atoms with van der Waals surface area (Å²) in [6.07, 6.45) is 0. The summed E-state index contributed by atoms with van der Waals surface area (Å²) in [6.45, 7) is 0. The van der Waals surface area contributed by atoms with Crippen molar-refractivity contribution in [2.75, 3.05) is 0 Å². The summed E-state index contributed by atoms with van der Waals surface area (Å²) in [5.41, 5.74) is 7.02. The molecule has 0 aliphatic heterocycles. The van der Waals surface area contributed by atoms with Crippen molar-refractivity contribution in [1.82, 2.24) is 24.1 Å². The lowest BCUT2D eigenvalue weighted by Crippen LogP contribution is -2.07. The number of thiophene rings is 2. The Hall–Kier alpha value is -8.11. The van der Waals surface area contributed by atoms with Crippen molar-refractivity contribution in [3.05, 3.63) is 200 Å². The van der Waals surface area contributed by atoms with Gasteiger partial charge in [-0.15, -0.1) is 22.7 Å². The van der Waals surface area contributed by atoms with Gasteiger partial charge in [0.1, 0.15) is 11.6 Å². The molecule has 0 spiro atoms. The second-order valence-electron chi connectivity index (χ2n) is 16.5. The van der Waals surface area contributed by atoms with Gasteiger partial charge < -0.3 is 9.13 Å². The Bertz CT molecular complexity index is 3970. The highest BCUT2D eigenvalue weighted by molar-refractivity contribution is 7.26. The van der Waals surface area contributed by atoms with Gasteiger partial charge in [-0.1, -0.05) is 140 Å². The van der Waals surface area contributed by atoms with Crippen LogP contribution in [0.1, 0.15) is 0 Å². The van der Waals surface area contributed by atoms with Gasteiger partial charge in [-0.05, 0) is 36.4 Å². The molecule has 0 unspecified atom stereocenters. The van der Waals surface area contributed by atoms with Crippen molar-refractivity contribution >= 4 is 107 Å². The molecule has 0 amide bonds. The van der Waals surface area contributed by atoms with Crippen molar-refractivity contribution < 1.29 is 8.78 Å². The van der Waals surface area contributed by atoms with Crippen molar-refractivity contribution in [3.8, 4) is 45.5 Å². The number of para-hydroxylation sites is 4. The minimum absolute atomic E-state index is 0.331. The Morgan fingerprint density at radius 1 is 0.348 bits per heavy atom. The van der Waals surface area contributed by atoms with Crippen LogP contribution < -0.4 is 0 Å². The fourth-order valence-electron chi connectivity index (χ4n) is 10.2. The first-order valence-corrected chi connectivity index (χ1v) is 23.3. The van der Waals surface area contributed by atoms with Crippen LogP contribution in [-0.4, -0.2) is 24.1 Å². The van der Waals surface area contributed by atoms with E-state index in [1.807, 2.05) is 127 Å². The molecular weight excluding hydrogens is 857 g/mol. The zero-order chi connectivity index (χ0) is 43.6. The number of benzene rings is 9. The van der Waals surface area contributed by atoms with E-state index in [-0.39, 0.29) is 11.6 Å². The van der Waals surface area contributed by atoms with Crippen LogP contribution in [0.5, 0.6) is 0 Å². The van der Waals surface area contributed by atoms with Gasteiger partial charge in [0.25, 0.3) is 0 Å². The Kier molecular flexibility index (Phi) is 8.02. The van der Waals surface area contributed by atoms with E-state index in [1.165, 1.54) is 22.7 Å². The Morgan fingerprint density at radius 2 is 0.682 bits per heavy atom. The number of fused-ring (bicyclic) bond motifs is 12. The van der Waals surface area contributed by atoms with Gasteiger partial charge in [-0.25, -0.2) is 23.7 Å². The lowest BCUT2D eigenvalue weighted by molar-refractivity contribution is 0.640. The smallest absolute Gasteiger partial charge is 0.166 e. The highest BCUT2D eigenvalue weighted by Gasteiger charge is 2.29. The first-order chi connectivity index (χ1) is 32.6. The van der Waals surface area contributed by atoms with Crippen LogP contribution in [0, 0.1) is 11.6 Å². The highest BCUT2D eigenvalue weighted by atomic mass is 32.1. The number of nitrogens with zero attached hydrogens (tertiary/aromatic N) is 5. The van der Waals surface area contributed by atoms with Gasteiger partial charge in [-0.2, -0.15) is 0 Å². The summed E-state index contributed by atoms with van der Waals surface area (Å²) in [5, 5.41) is 7.42. The number of aromatic nitrogens is 5. The van der Waals surface area contributed by atoms with Crippen LogP contribution in [0.15, 0.2) is 188 Å². The molecule has 0 saturated heterocycles. The van der Waals surface area contributed by atoms with Gasteiger partial charge in [0.05, 0.1) is 54.0 Å².